The zero-order valence-electron chi connectivity index (χ0n) is 10.0. The van der Waals surface area contributed by atoms with Crippen molar-refractivity contribution in [2.24, 2.45) is 5.92 Å². The molecule has 2 rings (SSSR count). The van der Waals surface area contributed by atoms with E-state index in [0.29, 0.717) is 13.0 Å². The van der Waals surface area contributed by atoms with Gasteiger partial charge >= 0.3 is 5.97 Å². The van der Waals surface area contributed by atoms with Crippen molar-refractivity contribution in [1.29, 1.82) is 0 Å². The summed E-state index contributed by atoms with van der Waals surface area (Å²) in [6.07, 6.45) is 3.48. The first-order chi connectivity index (χ1) is 7.38. The maximum atomic E-state index is 10.9. The van der Waals surface area contributed by atoms with Crippen LogP contribution in [0, 0.1) is 5.92 Å². The third-order valence-electron chi connectivity index (χ3n) is 3.11. The summed E-state index contributed by atoms with van der Waals surface area (Å²) in [5, 5.41) is 9.00. The molecule has 0 aliphatic carbocycles. The van der Waals surface area contributed by atoms with Crippen molar-refractivity contribution in [3.05, 3.63) is 17.7 Å². The van der Waals surface area contributed by atoms with Crippen LogP contribution in [0.1, 0.15) is 38.7 Å². The second-order valence-electron chi connectivity index (χ2n) is 5.52. The summed E-state index contributed by atoms with van der Waals surface area (Å²) in [6.45, 7) is 6.93. The molecule has 4 nitrogen and oxygen atoms in total. The molecule has 0 amide bonds. The standard InChI is InChI=1S/C12H18N2O2/c1-12(2,3)9-7-14-6-8(11(15)16)4-5-10(14)13-9/h7-8H,4-6H2,1-3H3,(H,15,16)/t8-/m1/s1. The lowest BCUT2D eigenvalue weighted by atomic mass is 9.93. The maximum Gasteiger partial charge on any atom is 0.308 e. The molecule has 0 unspecified atom stereocenters. The molecule has 2 heterocycles. The lowest BCUT2D eigenvalue weighted by Gasteiger charge is -2.19. The van der Waals surface area contributed by atoms with Crippen LogP contribution in [-0.2, 0) is 23.2 Å². The van der Waals surface area contributed by atoms with Gasteiger partial charge in [-0.15, -0.1) is 0 Å². The molecular formula is C12H18N2O2. The van der Waals surface area contributed by atoms with Crippen LogP contribution >= 0.6 is 0 Å². The van der Waals surface area contributed by atoms with Gasteiger partial charge in [-0.25, -0.2) is 4.98 Å². The van der Waals surface area contributed by atoms with Gasteiger partial charge < -0.3 is 9.67 Å². The Labute approximate surface area is 95.3 Å². The lowest BCUT2D eigenvalue weighted by Crippen LogP contribution is -2.26. The molecule has 4 heteroatoms. The van der Waals surface area contributed by atoms with Crippen LogP contribution in [-0.4, -0.2) is 20.6 Å². The molecular weight excluding hydrogens is 204 g/mol. The molecule has 1 aromatic heterocycles. The number of aryl methyl sites for hydroxylation is 1. The fraction of sp³-hybridized carbons (Fsp3) is 0.667. The largest absolute Gasteiger partial charge is 0.481 e. The van der Waals surface area contributed by atoms with Crippen molar-refractivity contribution in [3.63, 3.8) is 0 Å². The Hall–Kier alpha value is -1.32. The summed E-state index contributed by atoms with van der Waals surface area (Å²) < 4.78 is 2.00. The number of aromatic nitrogens is 2. The van der Waals surface area contributed by atoms with E-state index in [1.165, 1.54) is 0 Å². The second kappa shape index (κ2) is 3.61. The number of hydrogen-bond acceptors (Lipinski definition) is 2. The summed E-state index contributed by atoms with van der Waals surface area (Å²) in [4.78, 5) is 15.5. The van der Waals surface area contributed by atoms with Crippen molar-refractivity contribution in [1.82, 2.24) is 9.55 Å². The third-order valence-corrected chi connectivity index (χ3v) is 3.11. The lowest BCUT2D eigenvalue weighted by molar-refractivity contribution is -0.142. The van der Waals surface area contributed by atoms with Gasteiger partial charge in [0.05, 0.1) is 11.6 Å². The maximum absolute atomic E-state index is 10.9. The second-order valence-corrected chi connectivity index (χ2v) is 5.52. The number of rotatable bonds is 1. The fourth-order valence-corrected chi connectivity index (χ4v) is 2.01. The minimum Gasteiger partial charge on any atom is -0.481 e. The molecule has 0 saturated carbocycles. The minimum atomic E-state index is -0.698. The van der Waals surface area contributed by atoms with Gasteiger partial charge in [-0.1, -0.05) is 20.8 Å². The van der Waals surface area contributed by atoms with Crippen LogP contribution in [0.3, 0.4) is 0 Å². The zero-order chi connectivity index (χ0) is 11.9. The summed E-state index contributed by atoms with van der Waals surface area (Å²) >= 11 is 0. The Morgan fingerprint density at radius 2 is 2.25 bits per heavy atom. The van der Waals surface area contributed by atoms with Gasteiger partial charge in [0.25, 0.3) is 0 Å². The highest BCUT2D eigenvalue weighted by atomic mass is 16.4. The van der Waals surface area contributed by atoms with Gasteiger partial charge in [0, 0.05) is 24.6 Å². The highest BCUT2D eigenvalue weighted by Crippen LogP contribution is 2.26. The highest BCUT2D eigenvalue weighted by Gasteiger charge is 2.27. The molecule has 1 N–H and O–H groups in total. The molecule has 1 aliphatic rings. The van der Waals surface area contributed by atoms with E-state index in [0.717, 1.165) is 17.9 Å². The van der Waals surface area contributed by atoms with Crippen molar-refractivity contribution in [3.8, 4) is 0 Å². The van der Waals surface area contributed by atoms with Crippen LogP contribution < -0.4 is 0 Å². The molecule has 0 bridgehead atoms. The first kappa shape index (κ1) is 11.2. The Kier molecular flexibility index (Phi) is 2.52. The average Bonchev–Trinajstić information content (AvgIpc) is 2.58. The Morgan fingerprint density at radius 3 is 2.81 bits per heavy atom. The monoisotopic (exact) mass is 222 g/mol. The molecule has 88 valence electrons. The number of fused-ring (bicyclic) bond motifs is 1. The SMILES string of the molecule is CC(C)(C)c1cn2c(n1)CC[C@@H](C(=O)O)C2. The van der Waals surface area contributed by atoms with Crippen molar-refractivity contribution < 1.29 is 9.90 Å². The van der Waals surface area contributed by atoms with Crippen LogP contribution in [0.15, 0.2) is 6.20 Å². The zero-order valence-corrected chi connectivity index (χ0v) is 10.0. The Balaban J connectivity index is 2.27. The van der Waals surface area contributed by atoms with Crippen molar-refractivity contribution in [2.45, 2.75) is 45.6 Å². The van der Waals surface area contributed by atoms with Crippen molar-refractivity contribution in [2.75, 3.05) is 0 Å². The number of nitrogens with zero attached hydrogens (tertiary/aromatic N) is 2. The quantitative estimate of drug-likeness (QED) is 0.788. The van der Waals surface area contributed by atoms with E-state index in [-0.39, 0.29) is 11.3 Å². The number of aliphatic carboxylic acids is 1. The molecule has 1 aliphatic heterocycles. The Bertz CT molecular complexity index is 415. The van der Waals surface area contributed by atoms with E-state index in [4.69, 9.17) is 5.11 Å². The predicted molar refractivity (Wildman–Crippen MR) is 60.4 cm³/mol. The fourth-order valence-electron chi connectivity index (χ4n) is 2.01. The van der Waals surface area contributed by atoms with E-state index in [2.05, 4.69) is 25.8 Å². The number of carboxylic acids is 1. The highest BCUT2D eigenvalue weighted by molar-refractivity contribution is 5.70. The van der Waals surface area contributed by atoms with Crippen LogP contribution in [0.25, 0.3) is 0 Å². The molecule has 1 aromatic rings. The number of carboxylic acid groups (broad SMARTS) is 1. The summed E-state index contributed by atoms with van der Waals surface area (Å²) in [5.74, 6) is 0.0774. The van der Waals surface area contributed by atoms with Gasteiger partial charge in [-0.3, -0.25) is 4.79 Å². The number of imidazole rings is 1. The molecule has 16 heavy (non-hydrogen) atoms. The molecule has 0 aromatic carbocycles. The third kappa shape index (κ3) is 1.96. The van der Waals surface area contributed by atoms with E-state index < -0.39 is 5.97 Å². The topological polar surface area (TPSA) is 55.1 Å². The molecule has 0 spiro atoms. The van der Waals surface area contributed by atoms with Crippen LogP contribution in [0.4, 0.5) is 0 Å². The van der Waals surface area contributed by atoms with Gasteiger partial charge in [-0.2, -0.15) is 0 Å². The molecule has 0 saturated heterocycles. The summed E-state index contributed by atoms with van der Waals surface area (Å²) in [7, 11) is 0. The molecule has 1 atom stereocenters. The van der Waals surface area contributed by atoms with Crippen LogP contribution in [0.5, 0.6) is 0 Å². The van der Waals surface area contributed by atoms with Gasteiger partial charge in [0.15, 0.2) is 0 Å². The summed E-state index contributed by atoms with van der Waals surface area (Å²) in [5.41, 5.74) is 1.08. The van der Waals surface area contributed by atoms with E-state index in [1.54, 1.807) is 0 Å². The van der Waals surface area contributed by atoms with E-state index in [1.807, 2.05) is 10.8 Å². The van der Waals surface area contributed by atoms with Gasteiger partial charge in [0.1, 0.15) is 5.82 Å². The predicted octanol–water partition coefficient (Wildman–Crippen LogP) is 1.83. The number of carbonyl (C=O) groups is 1. The molecule has 0 fully saturated rings. The Morgan fingerprint density at radius 1 is 1.56 bits per heavy atom. The van der Waals surface area contributed by atoms with Gasteiger partial charge in [0.2, 0.25) is 0 Å². The smallest absolute Gasteiger partial charge is 0.308 e. The van der Waals surface area contributed by atoms with Crippen molar-refractivity contribution >= 4 is 5.97 Å². The first-order valence-electron chi connectivity index (χ1n) is 5.67. The summed E-state index contributed by atoms with van der Waals surface area (Å²) in [6, 6.07) is 0. The van der Waals surface area contributed by atoms with E-state index >= 15 is 0 Å². The number of hydrogen-bond donors (Lipinski definition) is 1. The molecule has 0 radical (unpaired) electrons. The minimum absolute atomic E-state index is 0.0308. The van der Waals surface area contributed by atoms with E-state index in [9.17, 15) is 4.79 Å². The van der Waals surface area contributed by atoms with Crippen LogP contribution in [0.2, 0.25) is 0 Å². The normalized spacial score (nSPS) is 20.6. The van der Waals surface area contributed by atoms with Gasteiger partial charge in [-0.05, 0) is 6.42 Å². The average molecular weight is 222 g/mol. The first-order valence-corrected chi connectivity index (χ1v) is 5.67.